The van der Waals surface area contributed by atoms with E-state index in [2.05, 4.69) is 37.9 Å². The minimum Gasteiger partial charge on any atom is -0.668 e. The van der Waals surface area contributed by atoms with Crippen LogP contribution in [0, 0.1) is 13.3 Å². The molecule has 2 unspecified atom stereocenters. The molecule has 0 saturated heterocycles. The van der Waals surface area contributed by atoms with Crippen molar-refractivity contribution in [3.05, 3.63) is 22.8 Å². The molecule has 0 amide bonds. The molecule has 1 aliphatic rings. The first kappa shape index (κ1) is 27.9. The van der Waals surface area contributed by atoms with Crippen LogP contribution in [0.3, 0.4) is 0 Å². The summed E-state index contributed by atoms with van der Waals surface area (Å²) in [6.45, 7) is 0. The predicted molar refractivity (Wildman–Crippen MR) is 93.7 cm³/mol. The maximum atomic E-state index is 4.05. The van der Waals surface area contributed by atoms with Crippen LogP contribution in [0.15, 0.2) is 0 Å². The molecule has 0 N–H and O–H groups in total. The number of halogens is 1. The Balaban J connectivity index is -0.000000106. The second-order valence-corrected chi connectivity index (χ2v) is 6.14. The predicted octanol–water partition coefficient (Wildman–Crippen LogP) is 4.93. The first-order valence-electron chi connectivity index (χ1n) is 5.48. The summed E-state index contributed by atoms with van der Waals surface area (Å²) in [4.78, 5) is 0. The van der Waals surface area contributed by atoms with E-state index in [0.29, 0.717) is 0 Å². The van der Waals surface area contributed by atoms with Crippen LogP contribution in [-0.4, -0.2) is 44.9 Å². The van der Waals surface area contributed by atoms with Gasteiger partial charge in [0, 0.05) is 3.92 Å². The standard InChI is InChI=1S/C7H13INS.2C2H6N.CH3.Ti/c1-9-10-5-6-3-2-4-7(6)8;2*1-3-2;;/h6-7H,2-5H2,1H3;2*1-2H3;1H3;/q4*-1;+4. The van der Waals surface area contributed by atoms with Crippen molar-refractivity contribution < 1.29 is 21.7 Å². The number of nitrogens with zero attached hydrogens (tertiary/aromatic N) is 3. The van der Waals surface area contributed by atoms with E-state index >= 15 is 0 Å². The van der Waals surface area contributed by atoms with Crippen molar-refractivity contribution in [3.8, 4) is 0 Å². The third-order valence-electron chi connectivity index (χ3n) is 1.98. The van der Waals surface area contributed by atoms with Gasteiger partial charge in [0.25, 0.3) is 0 Å². The van der Waals surface area contributed by atoms with E-state index in [1.54, 1.807) is 40.1 Å². The van der Waals surface area contributed by atoms with E-state index in [1.165, 1.54) is 25.0 Å². The van der Waals surface area contributed by atoms with Gasteiger partial charge in [-0.15, -0.1) is 0 Å². The van der Waals surface area contributed by atoms with Crippen molar-refractivity contribution in [3.63, 3.8) is 0 Å². The van der Waals surface area contributed by atoms with Gasteiger partial charge in [-0.05, 0) is 24.5 Å². The normalized spacial score (nSPS) is 20.3. The Morgan fingerprint density at radius 3 is 1.78 bits per heavy atom. The molecule has 0 radical (unpaired) electrons. The van der Waals surface area contributed by atoms with E-state index < -0.39 is 0 Å². The molecule has 1 rings (SSSR count). The van der Waals surface area contributed by atoms with Crippen molar-refractivity contribution in [2.45, 2.75) is 23.2 Å². The van der Waals surface area contributed by atoms with Gasteiger partial charge in [0.2, 0.25) is 0 Å². The molecule has 0 aromatic heterocycles. The molecule has 3 nitrogen and oxygen atoms in total. The average Bonchev–Trinajstić information content (AvgIpc) is 2.63. The minimum absolute atomic E-state index is 0. The summed E-state index contributed by atoms with van der Waals surface area (Å²) in [5.41, 5.74) is 0. The van der Waals surface area contributed by atoms with Crippen LogP contribution in [0.2, 0.25) is 0 Å². The number of rotatable bonds is 3. The molecule has 108 valence electrons. The van der Waals surface area contributed by atoms with Crippen LogP contribution in [0.1, 0.15) is 19.3 Å². The molecular formula is C12H28IN3STi. The van der Waals surface area contributed by atoms with E-state index in [0.717, 1.165) is 9.84 Å². The van der Waals surface area contributed by atoms with Gasteiger partial charge < -0.3 is 22.8 Å². The molecule has 6 heteroatoms. The number of alkyl halides is 1. The summed E-state index contributed by atoms with van der Waals surface area (Å²) in [6, 6.07) is 0. The van der Waals surface area contributed by atoms with Gasteiger partial charge in [0.15, 0.2) is 0 Å². The van der Waals surface area contributed by atoms with Gasteiger partial charge in [-0.1, -0.05) is 29.0 Å². The summed E-state index contributed by atoms with van der Waals surface area (Å²) >= 11 is 4.31. The van der Waals surface area contributed by atoms with Crippen molar-refractivity contribution in [1.29, 1.82) is 0 Å². The van der Waals surface area contributed by atoms with Crippen molar-refractivity contribution in [1.82, 2.24) is 0 Å². The molecule has 0 aliphatic heterocycles. The van der Waals surface area contributed by atoms with Gasteiger partial charge in [0.1, 0.15) is 0 Å². The first-order chi connectivity index (χ1) is 7.67. The van der Waals surface area contributed by atoms with Gasteiger partial charge in [0.05, 0.1) is 0 Å². The number of hydrogen-bond donors (Lipinski definition) is 0. The molecule has 0 aromatic rings. The fraction of sp³-hybridized carbons (Fsp3) is 0.917. The van der Waals surface area contributed by atoms with Crippen LogP contribution >= 0.6 is 34.5 Å². The van der Waals surface area contributed by atoms with Gasteiger partial charge in [-0.3, -0.25) is 11.9 Å². The Hall–Kier alpha value is 1.67. The zero-order valence-corrected chi connectivity index (χ0v) is 17.1. The molecule has 1 fully saturated rings. The molecule has 2 atom stereocenters. The van der Waals surface area contributed by atoms with Crippen LogP contribution in [0.4, 0.5) is 0 Å². The second kappa shape index (κ2) is 23.7. The van der Waals surface area contributed by atoms with Gasteiger partial charge >= 0.3 is 21.7 Å². The fourth-order valence-corrected chi connectivity index (χ4v) is 3.49. The van der Waals surface area contributed by atoms with Crippen LogP contribution < -0.4 is 0 Å². The molecule has 0 heterocycles. The van der Waals surface area contributed by atoms with Gasteiger partial charge in [-0.2, -0.15) is 35.2 Å². The van der Waals surface area contributed by atoms with Crippen LogP contribution in [0.25, 0.3) is 15.4 Å². The number of hydrogen-bond acceptors (Lipinski definition) is 1. The van der Waals surface area contributed by atoms with Crippen molar-refractivity contribution in [2.24, 2.45) is 5.92 Å². The third-order valence-corrected chi connectivity index (χ3v) is 4.46. The molecule has 0 bridgehead atoms. The first-order valence-corrected chi connectivity index (χ1v) is 7.67. The fourth-order valence-electron chi connectivity index (χ4n) is 1.35. The van der Waals surface area contributed by atoms with Crippen molar-refractivity contribution >= 4 is 34.5 Å². The Bertz CT molecular complexity index is 132. The molecule has 0 aromatic carbocycles. The van der Waals surface area contributed by atoms with Crippen molar-refractivity contribution in [2.75, 3.05) is 41.0 Å². The summed E-state index contributed by atoms with van der Waals surface area (Å²) in [5.74, 6) is 2.18. The molecule has 18 heavy (non-hydrogen) atoms. The maximum absolute atomic E-state index is 4.05. The van der Waals surface area contributed by atoms with Crippen LogP contribution in [0.5, 0.6) is 0 Å². The molecule has 1 aliphatic carbocycles. The Morgan fingerprint density at radius 1 is 1.06 bits per heavy atom. The summed E-state index contributed by atoms with van der Waals surface area (Å²) in [5, 5.41) is 7.00. The Morgan fingerprint density at radius 2 is 1.50 bits per heavy atom. The van der Waals surface area contributed by atoms with E-state index in [-0.39, 0.29) is 29.1 Å². The average molecular weight is 421 g/mol. The summed E-state index contributed by atoms with van der Waals surface area (Å²) < 4.78 is 4.97. The molecule has 0 spiro atoms. The molecular weight excluding hydrogens is 393 g/mol. The Labute approximate surface area is 148 Å². The zero-order chi connectivity index (χ0) is 12.8. The topological polar surface area (TPSA) is 42.3 Å². The van der Waals surface area contributed by atoms with Crippen LogP contribution in [-0.2, 0) is 21.7 Å². The Kier molecular flexibility index (Phi) is 36.8. The quantitative estimate of drug-likeness (QED) is 0.210. The zero-order valence-electron chi connectivity index (χ0n) is 12.6. The largest absolute Gasteiger partial charge is 4.00 e. The van der Waals surface area contributed by atoms with E-state index in [4.69, 9.17) is 0 Å². The summed E-state index contributed by atoms with van der Waals surface area (Å²) in [7, 11) is 8.88. The second-order valence-electron chi connectivity index (χ2n) is 3.58. The van der Waals surface area contributed by atoms with Gasteiger partial charge in [-0.25, -0.2) is 0 Å². The SMILES string of the molecule is C[N-]C.C[N-]C.C[N-]SCC1CCCC1I.[CH3-].[Ti+4]. The summed E-state index contributed by atoms with van der Waals surface area (Å²) in [6.07, 6.45) is 4.29. The monoisotopic (exact) mass is 421 g/mol. The molecule has 1 saturated carbocycles. The maximum Gasteiger partial charge on any atom is 4.00 e. The smallest absolute Gasteiger partial charge is 0.668 e. The minimum atomic E-state index is 0. The van der Waals surface area contributed by atoms with E-state index in [1.807, 2.05) is 7.05 Å². The van der Waals surface area contributed by atoms with E-state index in [9.17, 15) is 0 Å². The third kappa shape index (κ3) is 20.0.